The van der Waals surface area contributed by atoms with E-state index in [0.29, 0.717) is 23.8 Å². The normalized spacial score (nSPS) is 44.8. The van der Waals surface area contributed by atoms with Crippen molar-refractivity contribution in [2.45, 2.75) is 113 Å². The van der Waals surface area contributed by atoms with E-state index in [9.17, 15) is 19.2 Å². The summed E-state index contributed by atoms with van der Waals surface area (Å²) in [5.41, 5.74) is -0.207. The fourth-order valence-electron chi connectivity index (χ4n) is 11.3. The Labute approximate surface area is 234 Å². The van der Waals surface area contributed by atoms with Gasteiger partial charge in [0.2, 0.25) is 11.6 Å². The van der Waals surface area contributed by atoms with Crippen molar-refractivity contribution in [2.75, 3.05) is 7.11 Å². The topological polar surface area (TPSA) is 86.7 Å². The second-order valence-electron chi connectivity index (χ2n) is 15.1. The highest BCUT2D eigenvalue weighted by Crippen LogP contribution is 2.76. The molecule has 0 radical (unpaired) electrons. The van der Waals surface area contributed by atoms with Crippen LogP contribution in [-0.2, 0) is 28.7 Å². The number of ether oxygens (including phenoxy) is 2. The van der Waals surface area contributed by atoms with Gasteiger partial charge >= 0.3 is 11.9 Å². The molecular formula is C33H48O6. The molecule has 6 nitrogen and oxygen atoms in total. The fourth-order valence-corrected chi connectivity index (χ4v) is 11.3. The molecule has 0 amide bonds. The van der Waals surface area contributed by atoms with Crippen LogP contribution < -0.4 is 0 Å². The molecule has 8 atom stereocenters. The molecule has 4 fully saturated rings. The molecule has 0 aromatic rings. The van der Waals surface area contributed by atoms with Crippen molar-refractivity contribution in [1.29, 1.82) is 0 Å². The van der Waals surface area contributed by atoms with Crippen LogP contribution in [0.5, 0.6) is 0 Å². The van der Waals surface area contributed by atoms with E-state index in [1.807, 2.05) is 13.8 Å². The summed E-state index contributed by atoms with van der Waals surface area (Å²) in [7, 11) is 1.34. The highest BCUT2D eigenvalue weighted by molar-refractivity contribution is 6.52. The monoisotopic (exact) mass is 540 g/mol. The first-order valence-corrected chi connectivity index (χ1v) is 15.1. The lowest BCUT2D eigenvalue weighted by molar-refractivity contribution is -0.232. The third kappa shape index (κ3) is 3.38. The molecule has 0 N–H and O–H groups in total. The van der Waals surface area contributed by atoms with Gasteiger partial charge < -0.3 is 9.47 Å². The van der Waals surface area contributed by atoms with Gasteiger partial charge in [-0.05, 0) is 96.9 Å². The SMILES string of the molecule is COC(=O)[C@@]12CCC3(C)C(CCC4C5(C)CCC(OC(C)=O)C(C)(C)C5CCC43C)C1=C(C(C)C)C(=O)C2=O. The number of esters is 2. The third-order valence-corrected chi connectivity index (χ3v) is 13.2. The lowest BCUT2D eigenvalue weighted by Crippen LogP contribution is -2.66. The van der Waals surface area contributed by atoms with Crippen LogP contribution >= 0.6 is 0 Å². The quantitative estimate of drug-likeness (QED) is 0.239. The molecule has 0 aliphatic heterocycles. The van der Waals surface area contributed by atoms with Gasteiger partial charge in [0.25, 0.3) is 0 Å². The summed E-state index contributed by atoms with van der Waals surface area (Å²) in [6.07, 6.45) is 6.93. The van der Waals surface area contributed by atoms with Crippen molar-refractivity contribution in [3.8, 4) is 0 Å². The third-order valence-electron chi connectivity index (χ3n) is 13.2. The van der Waals surface area contributed by atoms with E-state index in [0.717, 1.165) is 50.5 Å². The van der Waals surface area contributed by atoms with Gasteiger partial charge in [0.1, 0.15) is 6.10 Å². The zero-order valence-electron chi connectivity index (χ0n) is 25.5. The minimum Gasteiger partial charge on any atom is -0.468 e. The Kier molecular flexibility index (Phi) is 6.41. The van der Waals surface area contributed by atoms with Crippen LogP contribution in [0.3, 0.4) is 0 Å². The lowest BCUT2D eigenvalue weighted by atomic mass is 9.33. The molecule has 0 saturated heterocycles. The number of Topliss-reactive ketones (excluding diaryl/α,β-unsaturated/α-hetero) is 2. The maximum Gasteiger partial charge on any atom is 0.324 e. The van der Waals surface area contributed by atoms with Gasteiger partial charge in [0, 0.05) is 17.9 Å². The van der Waals surface area contributed by atoms with E-state index >= 15 is 0 Å². The summed E-state index contributed by atoms with van der Waals surface area (Å²) in [4.78, 5) is 52.4. The van der Waals surface area contributed by atoms with Crippen molar-refractivity contribution in [3.63, 3.8) is 0 Å². The standard InChI is InChI=1S/C33H48O6/c1-18(2)24-25-20-10-11-22-30(6)14-13-23(39-19(3)34)29(4,5)21(30)12-15-32(22,8)31(20,7)16-17-33(25,28(37)38-9)27(36)26(24)35/h18,20-23H,10-17H2,1-9H3/t20?,21?,22?,23?,30?,31?,32?,33-/m0/s1. The number of hydrogen-bond donors (Lipinski definition) is 0. The van der Waals surface area contributed by atoms with E-state index < -0.39 is 23.0 Å². The predicted molar refractivity (Wildman–Crippen MR) is 147 cm³/mol. The smallest absolute Gasteiger partial charge is 0.324 e. The van der Waals surface area contributed by atoms with Crippen LogP contribution in [0.25, 0.3) is 0 Å². The van der Waals surface area contributed by atoms with E-state index in [4.69, 9.17) is 9.47 Å². The molecule has 0 bridgehead atoms. The largest absolute Gasteiger partial charge is 0.468 e. The number of carbonyl (C=O) groups is 4. The van der Waals surface area contributed by atoms with Crippen LogP contribution in [0.1, 0.15) is 107 Å². The molecule has 39 heavy (non-hydrogen) atoms. The zero-order valence-corrected chi connectivity index (χ0v) is 25.5. The molecule has 0 aromatic heterocycles. The van der Waals surface area contributed by atoms with E-state index in [2.05, 4.69) is 34.6 Å². The highest BCUT2D eigenvalue weighted by Gasteiger charge is 2.73. The Morgan fingerprint density at radius 3 is 2.10 bits per heavy atom. The average Bonchev–Trinajstić information content (AvgIpc) is 3.08. The van der Waals surface area contributed by atoms with Crippen LogP contribution in [0.4, 0.5) is 0 Å². The molecule has 0 aromatic carbocycles. The maximum absolute atomic E-state index is 13.6. The Balaban J connectivity index is 1.59. The molecule has 0 heterocycles. The lowest BCUT2D eigenvalue weighted by Gasteiger charge is -2.71. The molecule has 6 heteroatoms. The number of hydrogen-bond acceptors (Lipinski definition) is 6. The van der Waals surface area contributed by atoms with Gasteiger partial charge in [0.15, 0.2) is 5.41 Å². The number of ketones is 2. The van der Waals surface area contributed by atoms with E-state index in [-0.39, 0.29) is 45.6 Å². The number of methoxy groups -OCH3 is 1. The summed E-state index contributed by atoms with van der Waals surface area (Å²) >= 11 is 0. The number of rotatable bonds is 3. The molecule has 4 saturated carbocycles. The van der Waals surface area contributed by atoms with Gasteiger partial charge in [-0.2, -0.15) is 0 Å². The van der Waals surface area contributed by atoms with Crippen molar-refractivity contribution in [3.05, 3.63) is 11.1 Å². The molecular weight excluding hydrogens is 492 g/mol. The Bertz CT molecular complexity index is 1160. The van der Waals surface area contributed by atoms with E-state index in [1.165, 1.54) is 14.0 Å². The van der Waals surface area contributed by atoms with Gasteiger partial charge in [-0.1, -0.05) is 48.5 Å². The second kappa shape index (κ2) is 8.76. The Morgan fingerprint density at radius 2 is 1.51 bits per heavy atom. The molecule has 5 aliphatic carbocycles. The first-order chi connectivity index (χ1) is 18.0. The first-order valence-electron chi connectivity index (χ1n) is 15.1. The van der Waals surface area contributed by atoms with Gasteiger partial charge in [0.05, 0.1) is 7.11 Å². The van der Waals surface area contributed by atoms with Crippen LogP contribution in [0, 0.1) is 50.7 Å². The zero-order chi connectivity index (χ0) is 28.9. The maximum atomic E-state index is 13.6. The van der Waals surface area contributed by atoms with Crippen LogP contribution in [0.15, 0.2) is 11.1 Å². The van der Waals surface area contributed by atoms with Crippen molar-refractivity contribution in [1.82, 2.24) is 0 Å². The first kappa shape index (κ1) is 28.5. The summed E-state index contributed by atoms with van der Waals surface area (Å²) in [5.74, 6) is -0.986. The number of fused-ring (bicyclic) bond motifs is 7. The van der Waals surface area contributed by atoms with Crippen molar-refractivity contribution < 1.29 is 28.7 Å². The van der Waals surface area contributed by atoms with Crippen LogP contribution in [0.2, 0.25) is 0 Å². The van der Waals surface area contributed by atoms with E-state index in [1.54, 1.807) is 0 Å². The summed E-state index contributed by atoms with van der Waals surface area (Å²) in [5, 5.41) is 0. The fraction of sp³-hybridized carbons (Fsp3) is 0.818. The molecule has 0 spiro atoms. The van der Waals surface area contributed by atoms with Gasteiger partial charge in [-0.15, -0.1) is 0 Å². The Morgan fingerprint density at radius 1 is 0.846 bits per heavy atom. The van der Waals surface area contributed by atoms with Crippen molar-refractivity contribution >= 4 is 23.5 Å². The number of allylic oxidation sites excluding steroid dienone is 1. The molecule has 7 unspecified atom stereocenters. The average molecular weight is 541 g/mol. The summed E-state index contributed by atoms with van der Waals surface area (Å²) in [6, 6.07) is 0. The van der Waals surface area contributed by atoms with Crippen molar-refractivity contribution in [2.24, 2.45) is 50.7 Å². The number of carbonyl (C=O) groups excluding carboxylic acids is 4. The molecule has 216 valence electrons. The summed E-state index contributed by atoms with van der Waals surface area (Å²) < 4.78 is 11.1. The van der Waals surface area contributed by atoms with Gasteiger partial charge in [-0.3, -0.25) is 19.2 Å². The highest BCUT2D eigenvalue weighted by atomic mass is 16.5. The second-order valence-corrected chi connectivity index (χ2v) is 15.1. The minimum atomic E-state index is -1.44. The van der Waals surface area contributed by atoms with Gasteiger partial charge in [-0.25, -0.2) is 0 Å². The predicted octanol–water partition coefficient (Wildman–Crippen LogP) is 6.25. The Hall–Kier alpha value is -1.98. The summed E-state index contributed by atoms with van der Waals surface area (Å²) in [6.45, 7) is 17.4. The van der Waals surface area contributed by atoms with Crippen LogP contribution in [-0.4, -0.2) is 36.7 Å². The molecule has 5 aliphatic rings. The molecule has 5 rings (SSSR count). The minimum absolute atomic E-state index is 0.00241.